The van der Waals surface area contributed by atoms with Crippen molar-refractivity contribution in [2.24, 2.45) is 0 Å². The number of nitrogens with zero attached hydrogens (tertiary/aromatic N) is 3. The highest BCUT2D eigenvalue weighted by Gasteiger charge is 2.35. The molecule has 0 spiro atoms. The zero-order chi connectivity index (χ0) is 22.9. The number of ether oxygens (including phenoxy) is 2. The molecule has 178 valence electrons. The molecule has 0 bridgehead atoms. The van der Waals surface area contributed by atoms with Crippen LogP contribution in [0.3, 0.4) is 0 Å². The number of methoxy groups -OCH3 is 1. The highest BCUT2D eigenvalue weighted by atomic mass is 32.2. The summed E-state index contributed by atoms with van der Waals surface area (Å²) < 4.78 is 61.7. The van der Waals surface area contributed by atoms with E-state index in [2.05, 4.69) is 4.90 Å². The van der Waals surface area contributed by atoms with E-state index in [9.17, 15) is 21.6 Å². The van der Waals surface area contributed by atoms with Crippen LogP contribution in [0.4, 0.5) is 0 Å². The van der Waals surface area contributed by atoms with E-state index in [4.69, 9.17) is 9.47 Å². The van der Waals surface area contributed by atoms with Crippen LogP contribution < -0.4 is 4.74 Å². The Hall–Kier alpha value is -1.73. The smallest absolute Gasteiger partial charge is 0.253 e. The number of sulfone groups is 1. The molecule has 12 heteroatoms. The molecule has 4 rings (SSSR count). The number of hydrogen-bond donors (Lipinski definition) is 0. The fraction of sp³-hybridized carbons (Fsp3) is 0.650. The maximum Gasteiger partial charge on any atom is 0.253 e. The van der Waals surface area contributed by atoms with Crippen molar-refractivity contribution in [3.05, 3.63) is 23.8 Å². The zero-order valence-corrected chi connectivity index (χ0v) is 19.7. The first-order valence-electron chi connectivity index (χ1n) is 10.7. The molecule has 0 aliphatic carbocycles. The van der Waals surface area contributed by atoms with Crippen LogP contribution in [-0.2, 0) is 24.6 Å². The monoisotopic (exact) mass is 487 g/mol. The molecule has 0 radical (unpaired) electrons. The molecule has 0 saturated carbocycles. The summed E-state index contributed by atoms with van der Waals surface area (Å²) in [4.78, 5) is 16.9. The van der Waals surface area contributed by atoms with Crippen LogP contribution in [0.2, 0.25) is 0 Å². The first-order chi connectivity index (χ1) is 15.2. The van der Waals surface area contributed by atoms with E-state index in [1.54, 1.807) is 11.0 Å². The van der Waals surface area contributed by atoms with Gasteiger partial charge in [-0.3, -0.25) is 9.69 Å². The minimum Gasteiger partial charge on any atom is -0.495 e. The summed E-state index contributed by atoms with van der Waals surface area (Å²) in [5, 5.41) is 0. The highest BCUT2D eigenvalue weighted by Crippen LogP contribution is 2.29. The first-order valence-corrected chi connectivity index (χ1v) is 14.0. The summed E-state index contributed by atoms with van der Waals surface area (Å²) in [6.07, 6.45) is 0.636. The van der Waals surface area contributed by atoms with Gasteiger partial charge in [-0.15, -0.1) is 0 Å². The van der Waals surface area contributed by atoms with Crippen molar-refractivity contribution in [1.82, 2.24) is 14.1 Å². The first kappa shape index (κ1) is 23.4. The molecule has 1 aromatic carbocycles. The van der Waals surface area contributed by atoms with Gasteiger partial charge in [0.1, 0.15) is 10.6 Å². The van der Waals surface area contributed by atoms with Crippen LogP contribution in [0.1, 0.15) is 16.8 Å². The lowest BCUT2D eigenvalue weighted by atomic mass is 10.1. The fourth-order valence-corrected chi connectivity index (χ4v) is 7.82. The number of rotatable bonds is 5. The molecule has 1 amide bonds. The highest BCUT2D eigenvalue weighted by molar-refractivity contribution is 7.91. The summed E-state index contributed by atoms with van der Waals surface area (Å²) >= 11 is 0. The standard InChI is InChI=1S/C20H29N3O7S2/c1-29-18-3-2-16(14-19(18)32(27,28)23-9-11-30-12-10-23)20(24)22-7-5-21(6-8-22)17-4-13-31(25,26)15-17/h2-3,14,17H,4-13,15H2,1H3/t17-/m0/s1. The van der Waals surface area contributed by atoms with Crippen molar-refractivity contribution < 1.29 is 31.1 Å². The minimum absolute atomic E-state index is 0.0171. The Bertz CT molecular complexity index is 1060. The molecular weight excluding hydrogens is 458 g/mol. The lowest BCUT2D eigenvalue weighted by Crippen LogP contribution is -2.52. The normalized spacial score (nSPS) is 25.0. The van der Waals surface area contributed by atoms with E-state index < -0.39 is 19.9 Å². The van der Waals surface area contributed by atoms with Gasteiger partial charge in [0.15, 0.2) is 9.84 Å². The van der Waals surface area contributed by atoms with Gasteiger partial charge in [0.05, 0.1) is 31.8 Å². The third-order valence-electron chi connectivity index (χ3n) is 6.32. The molecule has 3 fully saturated rings. The molecule has 0 N–H and O–H groups in total. The van der Waals surface area contributed by atoms with E-state index in [0.29, 0.717) is 45.8 Å². The van der Waals surface area contributed by atoms with Gasteiger partial charge in [-0.2, -0.15) is 4.31 Å². The second-order valence-electron chi connectivity index (χ2n) is 8.27. The fourth-order valence-electron chi connectivity index (χ4n) is 4.47. The van der Waals surface area contributed by atoms with Gasteiger partial charge in [0, 0.05) is 50.9 Å². The molecule has 10 nitrogen and oxygen atoms in total. The Kier molecular flexibility index (Phi) is 6.78. The van der Waals surface area contributed by atoms with E-state index >= 15 is 0 Å². The predicted molar refractivity (Wildman–Crippen MR) is 117 cm³/mol. The van der Waals surface area contributed by atoms with Crippen LogP contribution in [0.15, 0.2) is 23.1 Å². The quantitative estimate of drug-likeness (QED) is 0.554. The van der Waals surface area contributed by atoms with E-state index in [-0.39, 0.29) is 52.8 Å². The summed E-state index contributed by atoms with van der Waals surface area (Å²) in [6, 6.07) is 4.50. The second-order valence-corrected chi connectivity index (χ2v) is 12.4. The van der Waals surface area contributed by atoms with Crippen LogP contribution in [0, 0.1) is 0 Å². The van der Waals surface area contributed by atoms with Crippen LogP contribution in [0.5, 0.6) is 5.75 Å². The molecule has 3 heterocycles. The third-order valence-corrected chi connectivity index (χ3v) is 9.99. The number of hydrogen-bond acceptors (Lipinski definition) is 8. The number of piperazine rings is 1. The SMILES string of the molecule is COc1ccc(C(=O)N2CCN([C@H]3CCS(=O)(=O)C3)CC2)cc1S(=O)(=O)N1CCOCC1. The Balaban J connectivity index is 1.48. The Morgan fingerprint density at radius 3 is 2.38 bits per heavy atom. The van der Waals surface area contributed by atoms with Gasteiger partial charge in [-0.1, -0.05) is 0 Å². The van der Waals surface area contributed by atoms with Gasteiger partial charge in [-0.25, -0.2) is 16.8 Å². The molecule has 3 aliphatic heterocycles. The van der Waals surface area contributed by atoms with Crippen molar-refractivity contribution in [2.45, 2.75) is 17.4 Å². The van der Waals surface area contributed by atoms with Gasteiger partial charge in [0.25, 0.3) is 5.91 Å². The number of benzene rings is 1. The zero-order valence-electron chi connectivity index (χ0n) is 18.1. The van der Waals surface area contributed by atoms with Crippen molar-refractivity contribution in [3.8, 4) is 5.75 Å². The largest absolute Gasteiger partial charge is 0.495 e. The summed E-state index contributed by atoms with van der Waals surface area (Å²) in [7, 11) is -5.38. The Labute approximate surface area is 189 Å². The van der Waals surface area contributed by atoms with Crippen molar-refractivity contribution in [3.63, 3.8) is 0 Å². The lowest BCUT2D eigenvalue weighted by Gasteiger charge is -2.37. The van der Waals surface area contributed by atoms with Crippen molar-refractivity contribution in [2.75, 3.05) is 71.1 Å². The van der Waals surface area contributed by atoms with Gasteiger partial charge >= 0.3 is 0 Å². The van der Waals surface area contributed by atoms with E-state index in [0.717, 1.165) is 0 Å². The van der Waals surface area contributed by atoms with Gasteiger partial charge in [-0.05, 0) is 24.6 Å². The number of morpholine rings is 1. The van der Waals surface area contributed by atoms with E-state index in [1.165, 1.54) is 23.5 Å². The average molecular weight is 488 g/mol. The lowest BCUT2D eigenvalue weighted by molar-refractivity contribution is 0.0587. The summed E-state index contributed by atoms with van der Waals surface area (Å²) in [5.74, 6) is 0.357. The maximum atomic E-state index is 13.2. The molecule has 3 aliphatic rings. The number of amides is 1. The second kappa shape index (κ2) is 9.26. The Morgan fingerprint density at radius 2 is 1.78 bits per heavy atom. The number of sulfonamides is 1. The molecule has 1 aromatic rings. The molecule has 32 heavy (non-hydrogen) atoms. The maximum absolute atomic E-state index is 13.2. The topological polar surface area (TPSA) is 114 Å². The molecule has 0 unspecified atom stereocenters. The van der Waals surface area contributed by atoms with Crippen molar-refractivity contribution in [1.29, 1.82) is 0 Å². The van der Waals surface area contributed by atoms with Crippen molar-refractivity contribution >= 4 is 25.8 Å². The summed E-state index contributed by atoms with van der Waals surface area (Å²) in [5.41, 5.74) is 0.287. The molecule has 1 atom stereocenters. The Morgan fingerprint density at radius 1 is 1.09 bits per heavy atom. The van der Waals surface area contributed by atoms with Gasteiger partial charge < -0.3 is 14.4 Å². The average Bonchev–Trinajstić information content (AvgIpc) is 3.18. The molecule has 3 saturated heterocycles. The molecule has 0 aromatic heterocycles. The van der Waals surface area contributed by atoms with Crippen LogP contribution in [0.25, 0.3) is 0 Å². The predicted octanol–water partition coefficient (Wildman–Crippen LogP) is -0.339. The molecular formula is C20H29N3O7S2. The minimum atomic E-state index is -3.83. The number of carbonyl (C=O) groups is 1. The summed E-state index contributed by atoms with van der Waals surface area (Å²) in [6.45, 7) is 3.28. The van der Waals surface area contributed by atoms with Crippen LogP contribution in [-0.4, -0.2) is 114 Å². The van der Waals surface area contributed by atoms with Gasteiger partial charge in [0.2, 0.25) is 10.0 Å². The third kappa shape index (κ3) is 4.79. The van der Waals surface area contributed by atoms with Crippen LogP contribution >= 0.6 is 0 Å². The van der Waals surface area contributed by atoms with E-state index in [1.807, 2.05) is 0 Å². The number of carbonyl (C=O) groups excluding carboxylic acids is 1.